The molecule has 0 radical (unpaired) electrons. The molecule has 4 rings (SSSR count). The van der Waals surface area contributed by atoms with Gasteiger partial charge in [-0.1, -0.05) is 48.0 Å². The van der Waals surface area contributed by atoms with E-state index in [1.165, 1.54) is 22.5 Å². The van der Waals surface area contributed by atoms with Crippen molar-refractivity contribution >= 4 is 55.6 Å². The van der Waals surface area contributed by atoms with Gasteiger partial charge in [0.25, 0.3) is 21.5 Å². The molecule has 0 aliphatic heterocycles. The minimum absolute atomic E-state index is 0.0474. The molecule has 1 aromatic heterocycles. The van der Waals surface area contributed by atoms with Crippen LogP contribution in [-0.2, 0) is 30.8 Å². The minimum Gasteiger partial charge on any atom is -0.455 e. The number of carbonyl (C=O) groups is 2. The van der Waals surface area contributed by atoms with Crippen LogP contribution in [-0.4, -0.2) is 43.6 Å². The van der Waals surface area contributed by atoms with E-state index in [2.05, 4.69) is 15.5 Å². The highest BCUT2D eigenvalue weighted by Gasteiger charge is 2.25. The van der Waals surface area contributed by atoms with Crippen molar-refractivity contribution in [1.82, 2.24) is 10.2 Å². The first-order chi connectivity index (χ1) is 18.2. The highest BCUT2D eigenvalue weighted by atomic mass is 35.5. The van der Waals surface area contributed by atoms with Gasteiger partial charge in [0.05, 0.1) is 38.8 Å². The smallest absolute Gasteiger partial charge is 0.312 e. The van der Waals surface area contributed by atoms with Gasteiger partial charge in [-0.3, -0.25) is 18.7 Å². The van der Waals surface area contributed by atoms with Crippen LogP contribution in [0.4, 0.5) is 11.4 Å². The number of aromatic nitrogens is 2. The zero-order valence-corrected chi connectivity index (χ0v) is 21.8. The summed E-state index contributed by atoms with van der Waals surface area (Å²) in [6.07, 6.45) is -0.272. The molecule has 1 heterocycles. The van der Waals surface area contributed by atoms with Crippen molar-refractivity contribution in [2.45, 2.75) is 18.2 Å². The Morgan fingerprint density at radius 1 is 1.03 bits per heavy atom. The lowest BCUT2D eigenvalue weighted by molar-refractivity contribution is -0.146. The maximum atomic E-state index is 13.3. The number of fused-ring (bicyclic) bond motifs is 1. The van der Waals surface area contributed by atoms with E-state index < -0.39 is 28.5 Å². The first-order valence-electron chi connectivity index (χ1n) is 11.5. The van der Waals surface area contributed by atoms with Gasteiger partial charge in [-0.15, -0.1) is 0 Å². The van der Waals surface area contributed by atoms with Crippen molar-refractivity contribution in [3.63, 3.8) is 0 Å². The van der Waals surface area contributed by atoms with Crippen LogP contribution in [0.1, 0.15) is 12.6 Å². The molecule has 0 aliphatic carbocycles. The minimum atomic E-state index is -3.95. The standard InChI is InChI=1S/C26H23ClN4O6S/c1-2-31(17-8-4-3-5-9-17)38(35,36)18-12-13-21(27)23(14-18)28-24(32)16-37-25(33)15-22-19-10-6-7-11-20(19)26(34)30-29-22/h3-14H,2,15-16H2,1H3,(H,28,32)(H,30,34). The summed E-state index contributed by atoms with van der Waals surface area (Å²) < 4.78 is 32.9. The Bertz CT molecular complexity index is 1660. The van der Waals surface area contributed by atoms with E-state index in [1.54, 1.807) is 61.5 Å². The number of hydrogen-bond acceptors (Lipinski definition) is 7. The summed E-state index contributed by atoms with van der Waals surface area (Å²) in [6.45, 7) is 1.26. The normalized spacial score (nSPS) is 11.2. The Labute approximate surface area is 223 Å². The van der Waals surface area contributed by atoms with Crippen molar-refractivity contribution in [3.8, 4) is 0 Å². The fourth-order valence-electron chi connectivity index (χ4n) is 3.80. The summed E-state index contributed by atoms with van der Waals surface area (Å²) in [5.41, 5.74) is 0.452. The van der Waals surface area contributed by atoms with Crippen molar-refractivity contribution < 1.29 is 22.7 Å². The van der Waals surface area contributed by atoms with E-state index in [-0.39, 0.29) is 34.1 Å². The molecule has 12 heteroatoms. The van der Waals surface area contributed by atoms with Gasteiger partial charge in [0.2, 0.25) is 0 Å². The summed E-state index contributed by atoms with van der Waals surface area (Å²) in [4.78, 5) is 36.7. The summed E-state index contributed by atoms with van der Waals surface area (Å²) in [6, 6.07) is 19.2. The maximum Gasteiger partial charge on any atom is 0.312 e. The van der Waals surface area contributed by atoms with Gasteiger partial charge >= 0.3 is 5.97 Å². The second kappa shape index (κ2) is 11.4. The summed E-state index contributed by atoms with van der Waals surface area (Å²) >= 11 is 6.19. The number of aromatic amines is 1. The molecular formula is C26H23ClN4O6S. The number of nitrogens with zero attached hydrogens (tertiary/aromatic N) is 2. The van der Waals surface area contributed by atoms with Gasteiger partial charge in [-0.2, -0.15) is 5.10 Å². The Balaban J connectivity index is 1.43. The molecule has 0 spiro atoms. The molecule has 10 nitrogen and oxygen atoms in total. The fourth-order valence-corrected chi connectivity index (χ4v) is 5.46. The quantitative estimate of drug-likeness (QED) is 0.302. The van der Waals surface area contributed by atoms with Crippen molar-refractivity contribution in [2.24, 2.45) is 0 Å². The second-order valence-corrected chi connectivity index (χ2v) is 10.3. The van der Waals surface area contributed by atoms with Crippen LogP contribution in [0.3, 0.4) is 0 Å². The molecule has 0 bridgehead atoms. The summed E-state index contributed by atoms with van der Waals surface area (Å²) in [5, 5.41) is 9.71. The number of carbonyl (C=O) groups excluding carboxylic acids is 2. The molecular weight excluding hydrogens is 532 g/mol. The monoisotopic (exact) mass is 554 g/mol. The molecule has 4 aromatic rings. The second-order valence-electron chi connectivity index (χ2n) is 8.08. The molecule has 2 N–H and O–H groups in total. The number of sulfonamides is 1. The number of hydrogen-bond donors (Lipinski definition) is 2. The van der Waals surface area contributed by atoms with Gasteiger partial charge in [0.1, 0.15) is 0 Å². The SMILES string of the molecule is CCN(c1ccccc1)S(=O)(=O)c1ccc(Cl)c(NC(=O)COC(=O)Cc2n[nH]c(=O)c3ccccc23)c1. The lowest BCUT2D eigenvalue weighted by Gasteiger charge is -2.23. The van der Waals surface area contributed by atoms with E-state index in [0.29, 0.717) is 22.2 Å². The van der Waals surface area contributed by atoms with Crippen molar-refractivity contribution in [3.05, 3.63) is 93.9 Å². The topological polar surface area (TPSA) is 139 Å². The van der Waals surface area contributed by atoms with Crippen LogP contribution < -0.4 is 15.2 Å². The number of ether oxygens (including phenoxy) is 1. The molecule has 0 unspecified atom stereocenters. The van der Waals surface area contributed by atoms with Crippen LogP contribution in [0.15, 0.2) is 82.5 Å². The van der Waals surface area contributed by atoms with Gasteiger partial charge < -0.3 is 10.1 Å². The Kier molecular flexibility index (Phi) is 8.08. The van der Waals surface area contributed by atoms with Gasteiger partial charge in [-0.05, 0) is 43.3 Å². The van der Waals surface area contributed by atoms with Crippen LogP contribution in [0, 0.1) is 0 Å². The lowest BCUT2D eigenvalue weighted by Crippen LogP contribution is -2.30. The summed E-state index contributed by atoms with van der Waals surface area (Å²) in [7, 11) is -3.95. The van der Waals surface area contributed by atoms with Crippen molar-refractivity contribution in [2.75, 3.05) is 22.8 Å². The number of benzene rings is 3. The number of anilines is 2. The van der Waals surface area contributed by atoms with E-state index in [0.717, 1.165) is 0 Å². The largest absolute Gasteiger partial charge is 0.455 e. The van der Waals surface area contributed by atoms with Gasteiger partial charge in [0.15, 0.2) is 6.61 Å². The third-order valence-electron chi connectivity index (χ3n) is 5.58. The highest BCUT2D eigenvalue weighted by Crippen LogP contribution is 2.29. The first kappa shape index (κ1) is 26.8. The predicted octanol–water partition coefficient (Wildman–Crippen LogP) is 3.52. The average molecular weight is 555 g/mol. The number of halogens is 1. The van der Waals surface area contributed by atoms with E-state index >= 15 is 0 Å². The van der Waals surface area contributed by atoms with Gasteiger partial charge in [-0.25, -0.2) is 13.5 Å². The molecule has 196 valence electrons. The molecule has 3 aromatic carbocycles. The Morgan fingerprint density at radius 3 is 2.42 bits per heavy atom. The molecule has 0 saturated heterocycles. The number of H-pyrrole nitrogens is 1. The van der Waals surface area contributed by atoms with Crippen LogP contribution in [0.2, 0.25) is 5.02 Å². The number of para-hydroxylation sites is 1. The van der Waals surface area contributed by atoms with E-state index in [4.69, 9.17) is 16.3 Å². The maximum absolute atomic E-state index is 13.3. The zero-order valence-electron chi connectivity index (χ0n) is 20.2. The Morgan fingerprint density at radius 2 is 1.71 bits per heavy atom. The number of nitrogens with one attached hydrogen (secondary N) is 2. The summed E-state index contributed by atoms with van der Waals surface area (Å²) in [5.74, 6) is -1.46. The van der Waals surface area contributed by atoms with Crippen molar-refractivity contribution in [1.29, 1.82) is 0 Å². The average Bonchev–Trinajstić information content (AvgIpc) is 2.91. The zero-order chi connectivity index (χ0) is 27.3. The predicted molar refractivity (Wildman–Crippen MR) is 144 cm³/mol. The first-order valence-corrected chi connectivity index (χ1v) is 13.3. The van der Waals surface area contributed by atoms with Gasteiger partial charge in [0, 0.05) is 11.9 Å². The fraction of sp³-hybridized carbons (Fsp3) is 0.154. The lowest BCUT2D eigenvalue weighted by atomic mass is 10.1. The molecule has 0 fully saturated rings. The van der Waals surface area contributed by atoms with E-state index in [1.807, 2.05) is 0 Å². The third-order valence-corrected chi connectivity index (χ3v) is 7.81. The molecule has 0 aliphatic rings. The molecule has 1 amide bonds. The molecule has 0 atom stereocenters. The molecule has 0 saturated carbocycles. The third kappa shape index (κ3) is 5.84. The highest BCUT2D eigenvalue weighted by molar-refractivity contribution is 7.92. The Hall–Kier alpha value is -4.22. The van der Waals surface area contributed by atoms with Crippen LogP contribution in [0.25, 0.3) is 10.8 Å². The molecule has 38 heavy (non-hydrogen) atoms. The number of amides is 1. The number of rotatable bonds is 9. The van der Waals surface area contributed by atoms with Crippen LogP contribution in [0.5, 0.6) is 0 Å². The van der Waals surface area contributed by atoms with Crippen LogP contribution >= 0.6 is 11.6 Å². The number of esters is 1. The van der Waals surface area contributed by atoms with E-state index in [9.17, 15) is 22.8 Å².